The van der Waals surface area contributed by atoms with E-state index in [0.717, 1.165) is 36.9 Å². The van der Waals surface area contributed by atoms with Crippen molar-refractivity contribution in [1.29, 1.82) is 0 Å². The number of nitro benzene ring substituents is 1. The molecule has 4 heteroatoms. The van der Waals surface area contributed by atoms with Gasteiger partial charge in [-0.15, -0.1) is 0 Å². The predicted octanol–water partition coefficient (Wildman–Crippen LogP) is 3.22. The van der Waals surface area contributed by atoms with Gasteiger partial charge in [-0.05, 0) is 37.9 Å². The normalized spacial score (nSPS) is 12.4. The third-order valence-electron chi connectivity index (χ3n) is 3.07. The molecular weight excluding hydrogens is 228 g/mol. The molecule has 100 valence electrons. The zero-order valence-electron chi connectivity index (χ0n) is 11.4. The Morgan fingerprint density at radius 1 is 1.39 bits per heavy atom. The first-order valence-corrected chi connectivity index (χ1v) is 6.55. The first-order chi connectivity index (χ1) is 8.58. The molecule has 0 aliphatic carbocycles. The van der Waals surface area contributed by atoms with Crippen molar-refractivity contribution in [3.05, 3.63) is 39.4 Å². The first kappa shape index (κ1) is 14.6. The highest BCUT2D eigenvalue weighted by atomic mass is 16.6. The second-order valence-electron chi connectivity index (χ2n) is 4.63. The summed E-state index contributed by atoms with van der Waals surface area (Å²) in [5.74, 6) is 0. The third-order valence-corrected chi connectivity index (χ3v) is 3.07. The molecule has 1 rings (SSSR count). The Labute approximate surface area is 109 Å². The molecule has 1 atom stereocenters. The number of nitrogens with one attached hydrogen (secondary N) is 1. The van der Waals surface area contributed by atoms with Crippen LogP contribution in [0.5, 0.6) is 0 Å². The second kappa shape index (κ2) is 7.11. The van der Waals surface area contributed by atoms with Crippen LogP contribution in [0.2, 0.25) is 0 Å². The van der Waals surface area contributed by atoms with Crippen LogP contribution in [0, 0.1) is 17.0 Å². The summed E-state index contributed by atoms with van der Waals surface area (Å²) in [4.78, 5) is 10.4. The molecule has 0 aliphatic rings. The maximum absolute atomic E-state index is 10.8. The van der Waals surface area contributed by atoms with Gasteiger partial charge < -0.3 is 5.32 Å². The van der Waals surface area contributed by atoms with E-state index >= 15 is 0 Å². The van der Waals surface area contributed by atoms with Gasteiger partial charge in [0.25, 0.3) is 5.69 Å². The summed E-state index contributed by atoms with van der Waals surface area (Å²) in [6.07, 6.45) is 3.20. The fourth-order valence-electron chi connectivity index (χ4n) is 2.25. The second-order valence-corrected chi connectivity index (χ2v) is 4.63. The minimum absolute atomic E-state index is 0.203. The van der Waals surface area contributed by atoms with Crippen LogP contribution in [0.1, 0.15) is 37.8 Å². The molecule has 0 aromatic heterocycles. The molecular formula is C14H22N2O2. The zero-order valence-corrected chi connectivity index (χ0v) is 11.4. The summed E-state index contributed by atoms with van der Waals surface area (Å²) < 4.78 is 0. The summed E-state index contributed by atoms with van der Waals surface area (Å²) in [7, 11) is 0. The molecule has 0 amide bonds. The van der Waals surface area contributed by atoms with Crippen LogP contribution in [-0.2, 0) is 6.42 Å². The average Bonchev–Trinajstić information content (AvgIpc) is 2.29. The molecule has 1 N–H and O–H groups in total. The van der Waals surface area contributed by atoms with E-state index in [-0.39, 0.29) is 10.6 Å². The molecule has 1 aromatic rings. The van der Waals surface area contributed by atoms with Crippen molar-refractivity contribution in [2.24, 2.45) is 0 Å². The Hall–Kier alpha value is -1.42. The fourth-order valence-corrected chi connectivity index (χ4v) is 2.25. The monoisotopic (exact) mass is 250 g/mol. The Kier molecular flexibility index (Phi) is 5.78. The van der Waals surface area contributed by atoms with E-state index in [0.29, 0.717) is 6.04 Å². The van der Waals surface area contributed by atoms with Crippen molar-refractivity contribution >= 4 is 5.69 Å². The summed E-state index contributed by atoms with van der Waals surface area (Å²) in [5.41, 5.74) is 2.11. The highest BCUT2D eigenvalue weighted by molar-refractivity contribution is 5.42. The van der Waals surface area contributed by atoms with Crippen LogP contribution in [0.25, 0.3) is 0 Å². The van der Waals surface area contributed by atoms with Crippen molar-refractivity contribution in [2.45, 2.75) is 46.1 Å². The number of nitro groups is 1. The lowest BCUT2D eigenvalue weighted by Gasteiger charge is -2.17. The maximum atomic E-state index is 10.8. The van der Waals surface area contributed by atoms with Crippen LogP contribution >= 0.6 is 0 Å². The van der Waals surface area contributed by atoms with E-state index in [9.17, 15) is 10.1 Å². The quantitative estimate of drug-likeness (QED) is 0.597. The van der Waals surface area contributed by atoms with Gasteiger partial charge in [0.1, 0.15) is 0 Å². The number of benzene rings is 1. The number of nitrogens with zero attached hydrogens (tertiary/aromatic N) is 1. The van der Waals surface area contributed by atoms with Crippen LogP contribution in [0.3, 0.4) is 0 Å². The van der Waals surface area contributed by atoms with Gasteiger partial charge in [0.15, 0.2) is 0 Å². The van der Waals surface area contributed by atoms with Crippen LogP contribution in [0.4, 0.5) is 5.69 Å². The molecule has 4 nitrogen and oxygen atoms in total. The molecule has 1 unspecified atom stereocenters. The molecule has 0 bridgehead atoms. The fraction of sp³-hybridized carbons (Fsp3) is 0.571. The van der Waals surface area contributed by atoms with Gasteiger partial charge in [0.2, 0.25) is 0 Å². The van der Waals surface area contributed by atoms with E-state index in [1.807, 2.05) is 12.1 Å². The average molecular weight is 250 g/mol. The van der Waals surface area contributed by atoms with Crippen LogP contribution in [-0.4, -0.2) is 17.5 Å². The van der Waals surface area contributed by atoms with E-state index in [1.165, 1.54) is 0 Å². The predicted molar refractivity (Wildman–Crippen MR) is 73.9 cm³/mol. The van der Waals surface area contributed by atoms with Gasteiger partial charge in [0.05, 0.1) is 4.92 Å². The number of rotatable bonds is 7. The van der Waals surface area contributed by atoms with Gasteiger partial charge in [-0.25, -0.2) is 0 Å². The Morgan fingerprint density at radius 2 is 2.11 bits per heavy atom. The number of likely N-dealkylation sites (N-methyl/N-ethyl adjacent to an activating group) is 1. The lowest BCUT2D eigenvalue weighted by atomic mass is 10.00. The van der Waals surface area contributed by atoms with Crippen molar-refractivity contribution in [3.8, 4) is 0 Å². The van der Waals surface area contributed by atoms with Crippen LogP contribution in [0.15, 0.2) is 18.2 Å². The minimum atomic E-state index is -0.326. The molecule has 0 saturated heterocycles. The standard InChI is InChI=1S/C14H22N2O2/c1-4-6-13(15-5-2)10-12-7-8-14(16(17)18)11(3)9-12/h7-9,13,15H,4-6,10H2,1-3H3. The Balaban J connectivity index is 2.77. The molecule has 0 spiro atoms. The summed E-state index contributed by atoms with van der Waals surface area (Å²) in [5, 5.41) is 14.2. The van der Waals surface area contributed by atoms with Gasteiger partial charge in [-0.3, -0.25) is 10.1 Å². The van der Waals surface area contributed by atoms with Crippen molar-refractivity contribution in [1.82, 2.24) is 5.32 Å². The van der Waals surface area contributed by atoms with Crippen molar-refractivity contribution < 1.29 is 4.92 Å². The van der Waals surface area contributed by atoms with Gasteiger partial charge >= 0.3 is 0 Å². The maximum Gasteiger partial charge on any atom is 0.272 e. The molecule has 0 heterocycles. The molecule has 18 heavy (non-hydrogen) atoms. The molecule has 0 fully saturated rings. The Morgan fingerprint density at radius 3 is 2.61 bits per heavy atom. The lowest BCUT2D eigenvalue weighted by molar-refractivity contribution is -0.385. The highest BCUT2D eigenvalue weighted by Gasteiger charge is 2.12. The lowest BCUT2D eigenvalue weighted by Crippen LogP contribution is -2.30. The molecule has 1 aromatic carbocycles. The largest absolute Gasteiger partial charge is 0.314 e. The zero-order chi connectivity index (χ0) is 13.5. The van der Waals surface area contributed by atoms with Gasteiger partial charge in [-0.1, -0.05) is 26.3 Å². The minimum Gasteiger partial charge on any atom is -0.314 e. The number of hydrogen-bond donors (Lipinski definition) is 1. The first-order valence-electron chi connectivity index (χ1n) is 6.55. The number of aryl methyl sites for hydroxylation is 1. The molecule has 0 saturated carbocycles. The van der Waals surface area contributed by atoms with E-state index in [4.69, 9.17) is 0 Å². The van der Waals surface area contributed by atoms with Crippen molar-refractivity contribution in [3.63, 3.8) is 0 Å². The smallest absolute Gasteiger partial charge is 0.272 e. The summed E-state index contributed by atoms with van der Waals surface area (Å²) in [6.45, 7) is 7.02. The van der Waals surface area contributed by atoms with Gasteiger partial charge in [-0.2, -0.15) is 0 Å². The Bertz CT molecular complexity index is 399. The topological polar surface area (TPSA) is 55.2 Å². The number of hydrogen-bond acceptors (Lipinski definition) is 3. The van der Waals surface area contributed by atoms with Crippen LogP contribution < -0.4 is 5.32 Å². The SMILES string of the molecule is CCCC(Cc1ccc([N+](=O)[O-])c(C)c1)NCC. The summed E-state index contributed by atoms with van der Waals surface area (Å²) in [6, 6.07) is 5.86. The van der Waals surface area contributed by atoms with Crippen molar-refractivity contribution in [2.75, 3.05) is 6.54 Å². The van der Waals surface area contributed by atoms with Gasteiger partial charge in [0, 0.05) is 17.7 Å². The summed E-state index contributed by atoms with van der Waals surface area (Å²) >= 11 is 0. The highest BCUT2D eigenvalue weighted by Crippen LogP contribution is 2.20. The molecule has 0 aliphatic heterocycles. The molecule has 0 radical (unpaired) electrons. The van der Waals surface area contributed by atoms with E-state index in [2.05, 4.69) is 19.2 Å². The van der Waals surface area contributed by atoms with E-state index in [1.54, 1.807) is 13.0 Å². The third kappa shape index (κ3) is 4.11. The van der Waals surface area contributed by atoms with E-state index < -0.39 is 0 Å².